The van der Waals surface area contributed by atoms with Crippen LogP contribution in [0.2, 0.25) is 0 Å². The molecule has 6 heteroatoms. The van der Waals surface area contributed by atoms with Crippen molar-refractivity contribution in [2.45, 2.75) is 55.9 Å². The van der Waals surface area contributed by atoms with Crippen LogP contribution >= 0.6 is 0 Å². The van der Waals surface area contributed by atoms with E-state index in [0.29, 0.717) is 19.4 Å². The summed E-state index contributed by atoms with van der Waals surface area (Å²) in [5.74, 6) is 0. The molecule has 0 aromatic rings. The largest absolute Gasteiger partial charge is 0.391 e. The summed E-state index contributed by atoms with van der Waals surface area (Å²) in [5.41, 5.74) is 0. The monoisotopic (exact) mass is 262 g/mol. The van der Waals surface area contributed by atoms with E-state index in [-0.39, 0.29) is 11.3 Å². The van der Waals surface area contributed by atoms with E-state index in [1.807, 2.05) is 0 Å². The average Bonchev–Trinajstić information content (AvgIpc) is 2.33. The normalized spacial score (nSPS) is 35.7. The minimum absolute atomic E-state index is 0.282. The van der Waals surface area contributed by atoms with Crippen LogP contribution in [0.5, 0.6) is 0 Å². The summed E-state index contributed by atoms with van der Waals surface area (Å²) in [5, 5.41) is 12.6. The fourth-order valence-corrected chi connectivity index (χ4v) is 4.34. The van der Waals surface area contributed by atoms with Gasteiger partial charge in [0, 0.05) is 12.6 Å². The molecule has 2 rings (SSSR count). The highest BCUT2D eigenvalue weighted by Crippen LogP contribution is 2.20. The van der Waals surface area contributed by atoms with Gasteiger partial charge in [-0.25, -0.2) is 13.1 Å². The Bertz CT molecular complexity index is 339. The van der Waals surface area contributed by atoms with Crippen molar-refractivity contribution in [1.29, 1.82) is 0 Å². The van der Waals surface area contributed by atoms with Crippen LogP contribution in [0.3, 0.4) is 0 Å². The van der Waals surface area contributed by atoms with Gasteiger partial charge in [-0.3, -0.25) is 0 Å². The van der Waals surface area contributed by atoms with Crippen molar-refractivity contribution >= 4 is 10.0 Å². The van der Waals surface area contributed by atoms with Gasteiger partial charge < -0.3 is 10.4 Å². The van der Waals surface area contributed by atoms with Crippen LogP contribution in [-0.4, -0.2) is 44.0 Å². The molecule has 0 spiro atoms. The first kappa shape index (κ1) is 13.3. The lowest BCUT2D eigenvalue weighted by Crippen LogP contribution is -2.51. The van der Waals surface area contributed by atoms with Crippen LogP contribution in [0.15, 0.2) is 0 Å². The molecule has 5 nitrogen and oxygen atoms in total. The summed E-state index contributed by atoms with van der Waals surface area (Å²) in [7, 11) is -3.29. The molecule has 2 fully saturated rings. The predicted octanol–water partition coefficient (Wildman–Crippen LogP) is -0.0387. The molecule has 2 aliphatic rings. The van der Waals surface area contributed by atoms with E-state index in [9.17, 15) is 13.5 Å². The molecule has 1 aliphatic heterocycles. The van der Waals surface area contributed by atoms with Crippen molar-refractivity contribution in [2.24, 2.45) is 0 Å². The van der Waals surface area contributed by atoms with Crippen molar-refractivity contribution in [3.63, 3.8) is 0 Å². The highest BCUT2D eigenvalue weighted by atomic mass is 32.2. The standard InChI is InChI=1S/C11H22N2O3S/c14-11-6-2-1-5-10(11)13-17(15,16)9-4-3-7-12-8-9/h9-14H,1-8H2. The second kappa shape index (κ2) is 5.65. The number of sulfonamides is 1. The molecule has 0 amide bonds. The molecule has 1 saturated carbocycles. The molecule has 0 aromatic heterocycles. The Balaban J connectivity index is 1.95. The number of aliphatic hydroxyl groups excluding tert-OH is 1. The predicted molar refractivity (Wildman–Crippen MR) is 66.2 cm³/mol. The third-order valence-electron chi connectivity index (χ3n) is 3.74. The van der Waals surface area contributed by atoms with Crippen LogP contribution in [-0.2, 0) is 10.0 Å². The second-order valence-electron chi connectivity index (χ2n) is 5.09. The van der Waals surface area contributed by atoms with Crippen molar-refractivity contribution in [3.8, 4) is 0 Å². The molecular formula is C11H22N2O3S. The fraction of sp³-hybridized carbons (Fsp3) is 1.00. The van der Waals surface area contributed by atoms with Crippen LogP contribution in [0.1, 0.15) is 38.5 Å². The first-order chi connectivity index (χ1) is 8.09. The molecule has 1 heterocycles. The molecule has 1 aliphatic carbocycles. The van der Waals surface area contributed by atoms with E-state index in [4.69, 9.17) is 0 Å². The van der Waals surface area contributed by atoms with Crippen LogP contribution in [0.25, 0.3) is 0 Å². The van der Waals surface area contributed by atoms with E-state index in [0.717, 1.165) is 32.2 Å². The summed E-state index contributed by atoms with van der Waals surface area (Å²) < 4.78 is 27.0. The van der Waals surface area contributed by atoms with E-state index in [1.165, 1.54) is 0 Å². The van der Waals surface area contributed by atoms with E-state index < -0.39 is 16.1 Å². The molecular weight excluding hydrogens is 240 g/mol. The maximum atomic E-state index is 12.1. The Morgan fingerprint density at radius 2 is 1.88 bits per heavy atom. The van der Waals surface area contributed by atoms with Gasteiger partial charge >= 0.3 is 0 Å². The topological polar surface area (TPSA) is 78.4 Å². The summed E-state index contributed by atoms with van der Waals surface area (Å²) in [6.45, 7) is 1.43. The Morgan fingerprint density at radius 1 is 1.12 bits per heavy atom. The maximum absolute atomic E-state index is 12.1. The highest BCUT2D eigenvalue weighted by molar-refractivity contribution is 7.90. The van der Waals surface area contributed by atoms with Gasteiger partial charge in [0.1, 0.15) is 0 Å². The zero-order valence-electron chi connectivity index (χ0n) is 10.1. The fourth-order valence-electron chi connectivity index (χ4n) is 2.64. The Labute approximate surface area is 103 Å². The first-order valence-corrected chi connectivity index (χ1v) is 8.04. The van der Waals surface area contributed by atoms with Crippen molar-refractivity contribution in [1.82, 2.24) is 10.0 Å². The number of rotatable bonds is 3. The van der Waals surface area contributed by atoms with Crippen LogP contribution in [0, 0.1) is 0 Å². The molecule has 3 atom stereocenters. The van der Waals surface area contributed by atoms with Gasteiger partial charge in [-0.2, -0.15) is 0 Å². The van der Waals surface area contributed by atoms with Crippen molar-refractivity contribution in [2.75, 3.05) is 13.1 Å². The Kier molecular flexibility index (Phi) is 4.41. The quantitative estimate of drug-likeness (QED) is 0.667. The number of aliphatic hydroxyl groups is 1. The summed E-state index contributed by atoms with van der Waals surface area (Å²) in [6, 6.07) is -0.282. The summed E-state index contributed by atoms with van der Waals surface area (Å²) in [4.78, 5) is 0. The molecule has 0 aromatic carbocycles. The van der Waals surface area contributed by atoms with Gasteiger partial charge in [0.25, 0.3) is 0 Å². The van der Waals surface area contributed by atoms with E-state index >= 15 is 0 Å². The van der Waals surface area contributed by atoms with Gasteiger partial charge in [0.05, 0.1) is 11.4 Å². The number of hydrogen-bond acceptors (Lipinski definition) is 4. The Hall–Kier alpha value is -0.170. The van der Waals surface area contributed by atoms with E-state index in [1.54, 1.807) is 0 Å². The zero-order chi connectivity index (χ0) is 12.3. The molecule has 0 bridgehead atoms. The van der Waals surface area contributed by atoms with Crippen LogP contribution < -0.4 is 10.0 Å². The third kappa shape index (κ3) is 3.40. The van der Waals surface area contributed by atoms with Gasteiger partial charge in [0.2, 0.25) is 10.0 Å². The van der Waals surface area contributed by atoms with Gasteiger partial charge in [0.15, 0.2) is 0 Å². The third-order valence-corrected chi connectivity index (χ3v) is 5.65. The minimum atomic E-state index is -3.29. The minimum Gasteiger partial charge on any atom is -0.391 e. The van der Waals surface area contributed by atoms with Gasteiger partial charge in [-0.05, 0) is 32.2 Å². The molecule has 100 valence electrons. The van der Waals surface area contributed by atoms with Gasteiger partial charge in [-0.1, -0.05) is 12.8 Å². The smallest absolute Gasteiger partial charge is 0.216 e. The second-order valence-corrected chi connectivity index (χ2v) is 7.08. The van der Waals surface area contributed by atoms with Crippen molar-refractivity contribution in [3.05, 3.63) is 0 Å². The zero-order valence-corrected chi connectivity index (χ0v) is 10.9. The van der Waals surface area contributed by atoms with Gasteiger partial charge in [-0.15, -0.1) is 0 Å². The molecule has 3 unspecified atom stereocenters. The first-order valence-electron chi connectivity index (χ1n) is 6.49. The Morgan fingerprint density at radius 3 is 2.53 bits per heavy atom. The number of hydrogen-bond donors (Lipinski definition) is 3. The van der Waals surface area contributed by atoms with E-state index in [2.05, 4.69) is 10.0 Å². The summed E-state index contributed by atoms with van der Waals surface area (Å²) in [6.07, 6.45) is 4.54. The molecule has 17 heavy (non-hydrogen) atoms. The molecule has 1 saturated heterocycles. The average molecular weight is 262 g/mol. The van der Waals surface area contributed by atoms with Crippen LogP contribution in [0.4, 0.5) is 0 Å². The SMILES string of the molecule is O=S(=O)(NC1CCCCC1O)C1CCCNC1. The van der Waals surface area contributed by atoms with Crippen molar-refractivity contribution < 1.29 is 13.5 Å². The highest BCUT2D eigenvalue weighted by Gasteiger charge is 2.32. The lowest BCUT2D eigenvalue weighted by molar-refractivity contribution is 0.101. The number of piperidine rings is 1. The number of nitrogens with one attached hydrogen (secondary N) is 2. The molecule has 3 N–H and O–H groups in total. The lowest BCUT2D eigenvalue weighted by atomic mass is 9.93. The lowest BCUT2D eigenvalue weighted by Gasteiger charge is -2.31. The summed E-state index contributed by atoms with van der Waals surface area (Å²) >= 11 is 0. The molecule has 0 radical (unpaired) electrons. The maximum Gasteiger partial charge on any atom is 0.216 e.